The first-order valence-electron chi connectivity index (χ1n) is 10.8. The van der Waals surface area contributed by atoms with Crippen molar-refractivity contribution in [2.24, 2.45) is 16.9 Å². The maximum atomic E-state index is 12.2. The first-order valence-corrected chi connectivity index (χ1v) is 10.8. The fourth-order valence-electron chi connectivity index (χ4n) is 4.79. The molecular weight excluding hydrogens is 370 g/mol. The highest BCUT2D eigenvalue weighted by atomic mass is 16.2. The van der Waals surface area contributed by atoms with Crippen LogP contribution in [-0.2, 0) is 5.41 Å². The number of hydrogen-bond acceptors (Lipinski definition) is 3. The third-order valence-electron chi connectivity index (χ3n) is 5.66. The Morgan fingerprint density at radius 1 is 1.00 bits per heavy atom. The third kappa shape index (κ3) is 4.48. The minimum atomic E-state index is -0.205. The van der Waals surface area contributed by atoms with Gasteiger partial charge in [0.2, 0.25) is 0 Å². The van der Waals surface area contributed by atoms with Gasteiger partial charge in [0.05, 0.1) is 0 Å². The van der Waals surface area contributed by atoms with E-state index in [-0.39, 0.29) is 11.3 Å². The predicted molar refractivity (Wildman–Crippen MR) is 126 cm³/mol. The highest BCUT2D eigenvalue weighted by Gasteiger charge is 2.46. The smallest absolute Gasteiger partial charge is 0.271 e. The number of rotatable bonds is 7. The number of hydrazone groups is 1. The van der Waals surface area contributed by atoms with Gasteiger partial charge in [-0.1, -0.05) is 64.1 Å². The Morgan fingerprint density at radius 3 is 2.23 bits per heavy atom. The van der Waals surface area contributed by atoms with Crippen molar-refractivity contribution in [2.75, 3.05) is 11.9 Å². The van der Waals surface area contributed by atoms with E-state index in [2.05, 4.69) is 80.5 Å². The molecule has 0 unspecified atom stereocenters. The average molecular weight is 404 g/mol. The van der Waals surface area contributed by atoms with Crippen molar-refractivity contribution < 1.29 is 4.79 Å². The van der Waals surface area contributed by atoms with E-state index in [1.54, 1.807) is 18.3 Å². The van der Waals surface area contributed by atoms with Crippen molar-refractivity contribution in [3.05, 3.63) is 77.5 Å². The Labute approximate surface area is 180 Å². The van der Waals surface area contributed by atoms with E-state index in [1.807, 2.05) is 18.2 Å². The summed E-state index contributed by atoms with van der Waals surface area (Å²) in [5.41, 5.74) is 7.07. The lowest BCUT2D eigenvalue weighted by molar-refractivity contribution is 0.0955. The third-order valence-corrected chi connectivity index (χ3v) is 5.66. The monoisotopic (exact) mass is 403 g/mol. The summed E-state index contributed by atoms with van der Waals surface area (Å²) >= 11 is 0. The van der Waals surface area contributed by atoms with Crippen molar-refractivity contribution in [1.82, 2.24) is 5.43 Å². The number of carbonyl (C=O) groups is 1. The van der Waals surface area contributed by atoms with Crippen LogP contribution >= 0.6 is 0 Å². The molecule has 2 aromatic rings. The fourth-order valence-corrected chi connectivity index (χ4v) is 4.79. The molecule has 158 valence electrons. The number of fused-ring (bicyclic) bond motifs is 1. The molecule has 1 amide bonds. The van der Waals surface area contributed by atoms with Crippen LogP contribution in [0.3, 0.4) is 0 Å². The van der Waals surface area contributed by atoms with Crippen molar-refractivity contribution in [1.29, 1.82) is 0 Å². The molecule has 1 aliphatic rings. The zero-order chi connectivity index (χ0) is 21.7. The van der Waals surface area contributed by atoms with E-state index in [1.165, 1.54) is 16.9 Å². The van der Waals surface area contributed by atoms with E-state index in [0.717, 1.165) is 12.8 Å². The van der Waals surface area contributed by atoms with Gasteiger partial charge in [-0.3, -0.25) is 4.79 Å². The second-order valence-corrected chi connectivity index (χ2v) is 8.99. The van der Waals surface area contributed by atoms with Crippen LogP contribution in [0, 0.1) is 11.8 Å². The highest BCUT2D eigenvalue weighted by molar-refractivity contribution is 5.94. The average Bonchev–Trinajstić information content (AvgIpc) is 2.93. The first kappa shape index (κ1) is 21.8. The number of anilines is 1. The molecule has 1 N–H and O–H groups in total. The van der Waals surface area contributed by atoms with Gasteiger partial charge in [-0.15, -0.1) is 0 Å². The molecular formula is C26H33N3O. The largest absolute Gasteiger partial charge is 0.347 e. The summed E-state index contributed by atoms with van der Waals surface area (Å²) in [7, 11) is 2.13. The highest BCUT2D eigenvalue weighted by Crippen LogP contribution is 2.53. The van der Waals surface area contributed by atoms with Crippen molar-refractivity contribution in [3.63, 3.8) is 0 Å². The summed E-state index contributed by atoms with van der Waals surface area (Å²) in [4.78, 5) is 14.5. The van der Waals surface area contributed by atoms with E-state index in [0.29, 0.717) is 17.4 Å². The number of hydrogen-bond donors (Lipinski definition) is 1. The normalized spacial score (nSPS) is 16.6. The predicted octanol–water partition coefficient (Wildman–Crippen LogP) is 5.77. The summed E-state index contributed by atoms with van der Waals surface area (Å²) in [6.07, 6.45) is 5.93. The molecule has 0 spiro atoms. The Balaban J connectivity index is 1.93. The standard InChI is InChI=1S/C26H33N3O/c1-19(2)17-26(18-20(3)4)22-13-9-10-14-23(22)29(5)24(26)15-16-27-28-25(30)21-11-7-6-8-12-21/h6-16,19-20H,17-18H2,1-5H3,(H,28,30)/b24-15-,27-16+. The number of nitrogens with one attached hydrogen (secondary N) is 1. The van der Waals surface area contributed by atoms with E-state index < -0.39 is 0 Å². The molecule has 0 aromatic heterocycles. The van der Waals surface area contributed by atoms with Crippen LogP contribution in [0.25, 0.3) is 0 Å². The van der Waals surface area contributed by atoms with E-state index in [9.17, 15) is 4.79 Å². The van der Waals surface area contributed by atoms with Gasteiger partial charge >= 0.3 is 0 Å². The topological polar surface area (TPSA) is 44.7 Å². The maximum absolute atomic E-state index is 12.2. The zero-order valence-corrected chi connectivity index (χ0v) is 18.7. The summed E-state index contributed by atoms with van der Waals surface area (Å²) in [6, 6.07) is 17.8. The van der Waals surface area contributed by atoms with Crippen molar-refractivity contribution in [2.45, 2.75) is 46.0 Å². The van der Waals surface area contributed by atoms with Crippen LogP contribution in [0.15, 0.2) is 71.5 Å². The van der Waals surface area contributed by atoms with Crippen LogP contribution in [-0.4, -0.2) is 19.2 Å². The zero-order valence-electron chi connectivity index (χ0n) is 18.7. The Morgan fingerprint density at radius 2 is 1.60 bits per heavy atom. The molecule has 30 heavy (non-hydrogen) atoms. The molecule has 0 saturated heterocycles. The number of likely N-dealkylation sites (N-methyl/N-ethyl adjacent to an activating group) is 1. The van der Waals surface area contributed by atoms with Crippen LogP contribution in [0.4, 0.5) is 5.69 Å². The van der Waals surface area contributed by atoms with Gasteiger partial charge < -0.3 is 4.90 Å². The number of amides is 1. The van der Waals surface area contributed by atoms with Crippen molar-refractivity contribution >= 4 is 17.8 Å². The molecule has 0 atom stereocenters. The number of benzene rings is 2. The van der Waals surface area contributed by atoms with Gasteiger partial charge in [0.15, 0.2) is 0 Å². The molecule has 4 nitrogen and oxygen atoms in total. The second-order valence-electron chi connectivity index (χ2n) is 8.99. The van der Waals surface area contributed by atoms with Gasteiger partial charge in [-0.2, -0.15) is 5.10 Å². The lowest BCUT2D eigenvalue weighted by atomic mass is 9.69. The number of carbonyl (C=O) groups excluding carboxylic acids is 1. The Kier molecular flexibility index (Phi) is 6.76. The van der Waals surface area contributed by atoms with Gasteiger partial charge in [0.25, 0.3) is 5.91 Å². The lowest BCUT2D eigenvalue weighted by Crippen LogP contribution is -2.33. The van der Waals surface area contributed by atoms with Gasteiger partial charge in [0.1, 0.15) is 0 Å². The maximum Gasteiger partial charge on any atom is 0.271 e. The molecule has 0 aliphatic carbocycles. The molecule has 1 aliphatic heterocycles. The Bertz CT molecular complexity index is 918. The summed E-state index contributed by atoms with van der Waals surface area (Å²) in [5.74, 6) is 0.909. The van der Waals surface area contributed by atoms with Gasteiger partial charge in [-0.05, 0) is 54.5 Å². The molecule has 1 heterocycles. The molecule has 0 fully saturated rings. The van der Waals surface area contributed by atoms with Crippen LogP contribution < -0.4 is 10.3 Å². The number of para-hydroxylation sites is 1. The molecule has 0 saturated carbocycles. The quantitative estimate of drug-likeness (QED) is 0.471. The summed E-state index contributed by atoms with van der Waals surface area (Å²) in [5, 5.41) is 4.20. The van der Waals surface area contributed by atoms with E-state index >= 15 is 0 Å². The minimum Gasteiger partial charge on any atom is -0.347 e. The molecule has 2 aromatic carbocycles. The van der Waals surface area contributed by atoms with Crippen LogP contribution in [0.1, 0.15) is 56.5 Å². The second kappa shape index (κ2) is 9.29. The number of allylic oxidation sites excluding steroid dienone is 2. The first-order chi connectivity index (χ1) is 14.3. The summed E-state index contributed by atoms with van der Waals surface area (Å²) in [6.45, 7) is 9.15. The molecule has 3 rings (SSSR count). The van der Waals surface area contributed by atoms with Crippen LogP contribution in [0.5, 0.6) is 0 Å². The van der Waals surface area contributed by atoms with Crippen molar-refractivity contribution in [3.8, 4) is 0 Å². The number of nitrogens with zero attached hydrogens (tertiary/aromatic N) is 2. The molecule has 0 bridgehead atoms. The molecule has 0 radical (unpaired) electrons. The minimum absolute atomic E-state index is 0.0524. The van der Waals surface area contributed by atoms with Crippen LogP contribution in [0.2, 0.25) is 0 Å². The SMILES string of the molecule is CC(C)CC1(CC(C)C)/C(=C/C=N/NC(=O)c2ccccc2)N(C)c2ccccc21. The fraction of sp³-hybridized carbons (Fsp3) is 0.385. The Hall–Kier alpha value is -2.88. The van der Waals surface area contributed by atoms with E-state index in [4.69, 9.17) is 0 Å². The van der Waals surface area contributed by atoms with Gasteiger partial charge in [-0.25, -0.2) is 5.43 Å². The van der Waals surface area contributed by atoms with Gasteiger partial charge in [0, 0.05) is 35.6 Å². The molecule has 4 heteroatoms. The summed E-state index contributed by atoms with van der Waals surface area (Å²) < 4.78 is 0. The lowest BCUT2D eigenvalue weighted by Gasteiger charge is -2.36.